The minimum atomic E-state index is -0.164. The van der Waals surface area contributed by atoms with Gasteiger partial charge in [0.1, 0.15) is 5.75 Å². The Balaban J connectivity index is 2.66. The van der Waals surface area contributed by atoms with Crippen molar-refractivity contribution in [3.8, 4) is 5.75 Å². The number of ether oxygens (including phenoxy) is 2. The molecule has 0 heterocycles. The van der Waals surface area contributed by atoms with Crippen LogP contribution in [0.5, 0.6) is 5.75 Å². The molecule has 0 aromatic heterocycles. The standard InChI is InChI=1S/C12H15IO3/c1-3-16-11(14)8-7-9-5-4-6-10(13)12(9)15-2/h4-6H,3,7-8H2,1-2H3. The van der Waals surface area contributed by atoms with E-state index in [4.69, 9.17) is 9.47 Å². The van der Waals surface area contributed by atoms with E-state index in [1.54, 1.807) is 7.11 Å². The second-order valence-electron chi connectivity index (χ2n) is 3.24. The maximum Gasteiger partial charge on any atom is 0.306 e. The van der Waals surface area contributed by atoms with E-state index in [2.05, 4.69) is 22.6 Å². The predicted molar refractivity (Wildman–Crippen MR) is 70.7 cm³/mol. The lowest BCUT2D eigenvalue weighted by molar-refractivity contribution is -0.143. The zero-order valence-corrected chi connectivity index (χ0v) is 11.6. The van der Waals surface area contributed by atoms with Gasteiger partial charge < -0.3 is 9.47 Å². The SMILES string of the molecule is CCOC(=O)CCc1cccc(I)c1OC. The summed E-state index contributed by atoms with van der Waals surface area (Å²) in [4.78, 5) is 11.2. The Morgan fingerprint density at radius 1 is 1.44 bits per heavy atom. The topological polar surface area (TPSA) is 35.5 Å². The smallest absolute Gasteiger partial charge is 0.306 e. The maximum atomic E-state index is 11.2. The first-order chi connectivity index (χ1) is 7.69. The zero-order valence-electron chi connectivity index (χ0n) is 9.46. The minimum Gasteiger partial charge on any atom is -0.495 e. The Morgan fingerprint density at radius 3 is 2.81 bits per heavy atom. The Morgan fingerprint density at radius 2 is 2.19 bits per heavy atom. The van der Waals surface area contributed by atoms with Crippen molar-refractivity contribution in [1.82, 2.24) is 0 Å². The van der Waals surface area contributed by atoms with Gasteiger partial charge in [0.15, 0.2) is 0 Å². The second kappa shape index (κ2) is 6.73. The predicted octanol–water partition coefficient (Wildman–Crippen LogP) is 2.80. The van der Waals surface area contributed by atoms with Crippen LogP contribution in [0.1, 0.15) is 18.9 Å². The first-order valence-corrected chi connectivity index (χ1v) is 6.24. The quantitative estimate of drug-likeness (QED) is 0.614. The number of aryl methyl sites for hydroxylation is 1. The fraction of sp³-hybridized carbons (Fsp3) is 0.417. The van der Waals surface area contributed by atoms with E-state index in [9.17, 15) is 4.79 Å². The molecule has 0 aliphatic carbocycles. The summed E-state index contributed by atoms with van der Waals surface area (Å²) in [6, 6.07) is 5.91. The number of carbonyl (C=O) groups is 1. The van der Waals surface area contributed by atoms with E-state index in [1.165, 1.54) is 0 Å². The molecule has 0 N–H and O–H groups in total. The molecule has 0 aliphatic rings. The van der Waals surface area contributed by atoms with Gasteiger partial charge in [0, 0.05) is 6.42 Å². The Hall–Kier alpha value is -0.780. The highest BCUT2D eigenvalue weighted by atomic mass is 127. The first kappa shape index (κ1) is 13.3. The molecule has 1 aromatic rings. The van der Waals surface area contributed by atoms with E-state index in [0.717, 1.165) is 14.9 Å². The average molecular weight is 334 g/mol. The summed E-state index contributed by atoms with van der Waals surface area (Å²) in [5, 5.41) is 0. The lowest BCUT2D eigenvalue weighted by Crippen LogP contribution is -2.06. The van der Waals surface area contributed by atoms with Crippen LogP contribution in [0.2, 0.25) is 0 Å². The summed E-state index contributed by atoms with van der Waals surface area (Å²) in [5.74, 6) is 0.691. The van der Waals surface area contributed by atoms with Gasteiger partial charge in [0.2, 0.25) is 0 Å². The monoisotopic (exact) mass is 334 g/mol. The molecule has 1 aromatic carbocycles. The number of rotatable bonds is 5. The lowest BCUT2D eigenvalue weighted by Gasteiger charge is -2.09. The normalized spacial score (nSPS) is 9.94. The van der Waals surface area contributed by atoms with Crippen LogP contribution in [0.3, 0.4) is 0 Å². The largest absolute Gasteiger partial charge is 0.495 e. The number of methoxy groups -OCH3 is 1. The van der Waals surface area contributed by atoms with E-state index in [0.29, 0.717) is 19.4 Å². The van der Waals surface area contributed by atoms with Crippen LogP contribution in [0.4, 0.5) is 0 Å². The summed E-state index contributed by atoms with van der Waals surface area (Å²) in [7, 11) is 1.64. The molecule has 4 heteroatoms. The zero-order chi connectivity index (χ0) is 12.0. The van der Waals surface area contributed by atoms with Crippen molar-refractivity contribution >= 4 is 28.6 Å². The van der Waals surface area contributed by atoms with Crippen LogP contribution < -0.4 is 4.74 Å². The van der Waals surface area contributed by atoms with Gasteiger partial charge in [-0.05, 0) is 47.6 Å². The van der Waals surface area contributed by atoms with Gasteiger partial charge in [-0.1, -0.05) is 12.1 Å². The molecule has 88 valence electrons. The van der Waals surface area contributed by atoms with Crippen molar-refractivity contribution < 1.29 is 14.3 Å². The summed E-state index contributed by atoms with van der Waals surface area (Å²) in [6.45, 7) is 2.24. The van der Waals surface area contributed by atoms with Gasteiger partial charge in [-0.3, -0.25) is 4.79 Å². The van der Waals surface area contributed by atoms with Crippen LogP contribution in [0.25, 0.3) is 0 Å². The Labute approximate surface area is 109 Å². The number of carbonyl (C=O) groups excluding carboxylic acids is 1. The van der Waals surface area contributed by atoms with Crippen LogP contribution >= 0.6 is 22.6 Å². The molecule has 0 saturated carbocycles. The van der Waals surface area contributed by atoms with Crippen LogP contribution in [0, 0.1) is 3.57 Å². The molecular formula is C12H15IO3. The summed E-state index contributed by atoms with van der Waals surface area (Å²) in [6.07, 6.45) is 1.04. The van der Waals surface area contributed by atoms with E-state index < -0.39 is 0 Å². The van der Waals surface area contributed by atoms with Crippen molar-refractivity contribution in [3.63, 3.8) is 0 Å². The number of hydrogen-bond acceptors (Lipinski definition) is 3. The molecule has 0 fully saturated rings. The van der Waals surface area contributed by atoms with Crippen molar-refractivity contribution in [2.45, 2.75) is 19.8 Å². The molecule has 0 unspecified atom stereocenters. The van der Waals surface area contributed by atoms with E-state index >= 15 is 0 Å². The van der Waals surface area contributed by atoms with Crippen molar-refractivity contribution in [1.29, 1.82) is 0 Å². The molecule has 0 atom stereocenters. The van der Waals surface area contributed by atoms with Gasteiger partial charge in [0.05, 0.1) is 17.3 Å². The minimum absolute atomic E-state index is 0.164. The Kier molecular flexibility index (Phi) is 5.59. The second-order valence-corrected chi connectivity index (χ2v) is 4.40. The molecule has 3 nitrogen and oxygen atoms in total. The van der Waals surface area contributed by atoms with Crippen molar-refractivity contribution in [2.24, 2.45) is 0 Å². The van der Waals surface area contributed by atoms with Crippen LogP contribution in [-0.4, -0.2) is 19.7 Å². The van der Waals surface area contributed by atoms with E-state index in [1.807, 2.05) is 25.1 Å². The summed E-state index contributed by atoms with van der Waals surface area (Å²) < 4.78 is 11.3. The molecule has 0 amide bonds. The molecule has 0 bridgehead atoms. The number of esters is 1. The van der Waals surface area contributed by atoms with Crippen LogP contribution in [-0.2, 0) is 16.0 Å². The third-order valence-corrected chi connectivity index (χ3v) is 3.01. The summed E-state index contributed by atoms with van der Waals surface area (Å²) in [5.41, 5.74) is 1.04. The molecule has 0 saturated heterocycles. The molecule has 0 aliphatic heterocycles. The number of hydrogen-bond donors (Lipinski definition) is 0. The van der Waals surface area contributed by atoms with Gasteiger partial charge >= 0.3 is 5.97 Å². The number of benzene rings is 1. The fourth-order valence-corrected chi connectivity index (χ4v) is 2.22. The Bertz CT molecular complexity index is 363. The summed E-state index contributed by atoms with van der Waals surface area (Å²) >= 11 is 2.22. The fourth-order valence-electron chi connectivity index (χ4n) is 1.45. The first-order valence-electron chi connectivity index (χ1n) is 5.16. The molecular weight excluding hydrogens is 319 g/mol. The highest BCUT2D eigenvalue weighted by Crippen LogP contribution is 2.26. The number of halogens is 1. The van der Waals surface area contributed by atoms with Gasteiger partial charge in [-0.15, -0.1) is 0 Å². The third-order valence-electron chi connectivity index (χ3n) is 2.16. The van der Waals surface area contributed by atoms with Crippen LogP contribution in [0.15, 0.2) is 18.2 Å². The van der Waals surface area contributed by atoms with Gasteiger partial charge in [-0.25, -0.2) is 0 Å². The van der Waals surface area contributed by atoms with E-state index in [-0.39, 0.29) is 5.97 Å². The van der Waals surface area contributed by atoms with Crippen molar-refractivity contribution in [3.05, 3.63) is 27.3 Å². The highest BCUT2D eigenvalue weighted by molar-refractivity contribution is 14.1. The van der Waals surface area contributed by atoms with Gasteiger partial charge in [0.25, 0.3) is 0 Å². The van der Waals surface area contributed by atoms with Crippen molar-refractivity contribution in [2.75, 3.05) is 13.7 Å². The van der Waals surface area contributed by atoms with Gasteiger partial charge in [-0.2, -0.15) is 0 Å². The molecule has 16 heavy (non-hydrogen) atoms. The third kappa shape index (κ3) is 3.66. The number of para-hydroxylation sites is 1. The molecule has 0 radical (unpaired) electrons. The highest BCUT2D eigenvalue weighted by Gasteiger charge is 2.09. The molecule has 0 spiro atoms. The molecule has 1 rings (SSSR count). The maximum absolute atomic E-state index is 11.2. The average Bonchev–Trinajstić information content (AvgIpc) is 2.27. The lowest BCUT2D eigenvalue weighted by atomic mass is 10.1.